The molecule has 0 bridgehead atoms. The van der Waals surface area contributed by atoms with Gasteiger partial charge < -0.3 is 10.6 Å². The van der Waals surface area contributed by atoms with Crippen molar-refractivity contribution in [2.75, 3.05) is 9.80 Å². The van der Waals surface area contributed by atoms with Gasteiger partial charge in [0.15, 0.2) is 10.9 Å². The molecule has 0 radical (unpaired) electrons. The van der Waals surface area contributed by atoms with E-state index in [0.717, 1.165) is 10.5 Å². The summed E-state index contributed by atoms with van der Waals surface area (Å²) < 4.78 is 14.9. The van der Waals surface area contributed by atoms with Crippen LogP contribution in [0.4, 0.5) is 15.8 Å². The Bertz CT molecular complexity index is 1110. The van der Waals surface area contributed by atoms with Crippen molar-refractivity contribution < 1.29 is 14.0 Å². The predicted molar refractivity (Wildman–Crippen MR) is 121 cm³/mol. The molecule has 9 heteroatoms. The minimum absolute atomic E-state index is 0.0245. The van der Waals surface area contributed by atoms with E-state index in [9.17, 15) is 14.0 Å². The first-order chi connectivity index (χ1) is 14.6. The van der Waals surface area contributed by atoms with Crippen LogP contribution in [0.2, 0.25) is 5.02 Å². The molecule has 0 spiro atoms. The van der Waals surface area contributed by atoms with E-state index in [1.165, 1.54) is 12.1 Å². The molecule has 2 aromatic rings. The Morgan fingerprint density at radius 2 is 1.90 bits per heavy atom. The fourth-order valence-electron chi connectivity index (χ4n) is 3.52. The van der Waals surface area contributed by atoms with Gasteiger partial charge in [0.1, 0.15) is 11.6 Å². The first-order valence-corrected chi connectivity index (χ1v) is 10.3. The molecule has 0 aliphatic carbocycles. The normalized spacial score (nSPS) is 15.3. The van der Waals surface area contributed by atoms with Crippen molar-refractivity contribution in [2.24, 2.45) is 5.73 Å². The van der Waals surface area contributed by atoms with Crippen molar-refractivity contribution in [2.45, 2.75) is 38.6 Å². The van der Waals surface area contributed by atoms with Crippen LogP contribution in [0.3, 0.4) is 0 Å². The molecule has 3 rings (SSSR count). The standard InChI is InChI=1S/C22H20ClFN4O2S/c1-22(2)20(30)27(16-11-8-14(12-25)18(23)19(16)24)21(31)28(22)15-9-6-13(7-10-15)4-3-5-17(26)29/h6-11H,3-5H2,1-2H3,(H2,26,29). The number of thiocarbonyl (C=S) groups is 1. The largest absolute Gasteiger partial charge is 0.370 e. The van der Waals surface area contributed by atoms with Crippen molar-refractivity contribution in [1.29, 1.82) is 5.26 Å². The number of primary amides is 1. The third kappa shape index (κ3) is 4.11. The number of benzene rings is 2. The van der Waals surface area contributed by atoms with Crippen LogP contribution in [0, 0.1) is 17.1 Å². The summed E-state index contributed by atoms with van der Waals surface area (Å²) in [5.41, 5.74) is 5.66. The van der Waals surface area contributed by atoms with Crippen molar-refractivity contribution in [3.05, 3.63) is 58.4 Å². The van der Waals surface area contributed by atoms with Gasteiger partial charge in [0.05, 0.1) is 16.3 Å². The molecule has 1 saturated heterocycles. The van der Waals surface area contributed by atoms with Gasteiger partial charge in [0.2, 0.25) is 5.91 Å². The lowest BCUT2D eigenvalue weighted by molar-refractivity contribution is -0.120. The number of nitrogens with two attached hydrogens (primary N) is 1. The topological polar surface area (TPSA) is 90.4 Å². The third-order valence-corrected chi connectivity index (χ3v) is 5.91. The first-order valence-electron chi connectivity index (χ1n) is 9.53. The smallest absolute Gasteiger partial charge is 0.259 e. The highest BCUT2D eigenvalue weighted by atomic mass is 35.5. The minimum atomic E-state index is -1.07. The van der Waals surface area contributed by atoms with E-state index in [-0.39, 0.29) is 27.3 Å². The first kappa shape index (κ1) is 22.7. The van der Waals surface area contributed by atoms with Gasteiger partial charge in [-0.05, 0) is 68.7 Å². The molecule has 1 heterocycles. The number of amides is 2. The number of hydrogen-bond donors (Lipinski definition) is 1. The van der Waals surface area contributed by atoms with Crippen LogP contribution in [-0.2, 0) is 16.0 Å². The lowest BCUT2D eigenvalue weighted by Crippen LogP contribution is -2.44. The van der Waals surface area contributed by atoms with Crippen molar-refractivity contribution in [1.82, 2.24) is 0 Å². The highest BCUT2D eigenvalue weighted by Gasteiger charge is 2.51. The Labute approximate surface area is 190 Å². The molecule has 1 aliphatic rings. The molecule has 31 heavy (non-hydrogen) atoms. The number of anilines is 2. The molecule has 0 aromatic heterocycles. The summed E-state index contributed by atoms with van der Waals surface area (Å²) in [6.07, 6.45) is 1.65. The lowest BCUT2D eigenvalue weighted by Gasteiger charge is -2.29. The second-order valence-corrected chi connectivity index (χ2v) is 8.42. The van der Waals surface area contributed by atoms with Crippen LogP contribution in [0.1, 0.15) is 37.8 Å². The third-order valence-electron chi connectivity index (χ3n) is 5.17. The number of nitrogens with zero attached hydrogens (tertiary/aromatic N) is 3. The summed E-state index contributed by atoms with van der Waals surface area (Å²) in [6.45, 7) is 3.40. The Balaban J connectivity index is 1.92. The van der Waals surface area contributed by atoms with E-state index < -0.39 is 17.3 Å². The summed E-state index contributed by atoms with van der Waals surface area (Å²) in [5, 5.41) is 8.79. The predicted octanol–water partition coefficient (Wildman–Crippen LogP) is 4.08. The Morgan fingerprint density at radius 1 is 1.26 bits per heavy atom. The average Bonchev–Trinajstić information content (AvgIpc) is 2.89. The molecule has 1 fully saturated rings. The van der Waals surface area contributed by atoms with E-state index in [1.807, 2.05) is 30.3 Å². The molecule has 2 aromatic carbocycles. The van der Waals surface area contributed by atoms with E-state index in [1.54, 1.807) is 18.7 Å². The number of carbonyl (C=O) groups excluding carboxylic acids is 2. The van der Waals surface area contributed by atoms with Crippen LogP contribution < -0.4 is 15.5 Å². The summed E-state index contributed by atoms with van der Waals surface area (Å²) in [4.78, 5) is 26.9. The Kier molecular flexibility index (Phi) is 6.30. The number of nitriles is 1. The van der Waals surface area contributed by atoms with Gasteiger partial charge in [-0.2, -0.15) is 5.26 Å². The Morgan fingerprint density at radius 3 is 2.48 bits per heavy atom. The van der Waals surface area contributed by atoms with Crippen LogP contribution >= 0.6 is 23.8 Å². The van der Waals surface area contributed by atoms with E-state index in [2.05, 4.69) is 0 Å². The molecule has 2 N–H and O–H groups in total. The maximum absolute atomic E-state index is 14.9. The number of hydrogen-bond acceptors (Lipinski definition) is 4. The van der Waals surface area contributed by atoms with E-state index in [4.69, 9.17) is 34.8 Å². The molecular formula is C22H20ClFN4O2S. The van der Waals surface area contributed by atoms with Crippen LogP contribution in [-0.4, -0.2) is 22.5 Å². The van der Waals surface area contributed by atoms with Gasteiger partial charge in [-0.3, -0.25) is 14.5 Å². The highest BCUT2D eigenvalue weighted by Crippen LogP contribution is 2.39. The molecule has 1 aliphatic heterocycles. The Hall–Kier alpha value is -3.02. The molecule has 0 unspecified atom stereocenters. The van der Waals surface area contributed by atoms with Crippen LogP contribution in [0.25, 0.3) is 0 Å². The second-order valence-electron chi connectivity index (χ2n) is 7.68. The highest BCUT2D eigenvalue weighted by molar-refractivity contribution is 7.81. The number of aryl methyl sites for hydroxylation is 1. The average molecular weight is 459 g/mol. The number of rotatable bonds is 6. The van der Waals surface area contributed by atoms with E-state index >= 15 is 0 Å². The van der Waals surface area contributed by atoms with Crippen LogP contribution in [0.5, 0.6) is 0 Å². The minimum Gasteiger partial charge on any atom is -0.370 e. The van der Waals surface area contributed by atoms with Gasteiger partial charge in [-0.1, -0.05) is 23.7 Å². The van der Waals surface area contributed by atoms with Gasteiger partial charge in [-0.25, -0.2) is 4.39 Å². The molecule has 6 nitrogen and oxygen atoms in total. The fraction of sp³-hybridized carbons (Fsp3) is 0.273. The van der Waals surface area contributed by atoms with E-state index in [0.29, 0.717) is 24.9 Å². The zero-order valence-electron chi connectivity index (χ0n) is 17.0. The maximum atomic E-state index is 14.9. The summed E-state index contributed by atoms with van der Waals surface area (Å²) in [6, 6.07) is 11.9. The second kappa shape index (κ2) is 8.61. The molecule has 2 amide bonds. The SMILES string of the molecule is CC1(C)C(=O)N(c2ccc(C#N)c(Cl)c2F)C(=S)N1c1ccc(CCCC(N)=O)cc1. The lowest BCUT2D eigenvalue weighted by atomic mass is 10.0. The van der Waals surface area contributed by atoms with Crippen LogP contribution in [0.15, 0.2) is 36.4 Å². The van der Waals surface area contributed by atoms with Crippen molar-refractivity contribution in [3.63, 3.8) is 0 Å². The molecule has 160 valence electrons. The number of halogens is 2. The maximum Gasteiger partial charge on any atom is 0.259 e. The zero-order chi connectivity index (χ0) is 22.9. The van der Waals surface area contributed by atoms with Crippen molar-refractivity contribution >= 4 is 52.1 Å². The molecular weight excluding hydrogens is 439 g/mol. The number of carbonyl (C=O) groups is 2. The summed E-state index contributed by atoms with van der Waals surface area (Å²) >= 11 is 11.5. The van der Waals surface area contributed by atoms with Gasteiger partial charge in [0, 0.05) is 12.1 Å². The fourth-order valence-corrected chi connectivity index (χ4v) is 4.23. The summed E-state index contributed by atoms with van der Waals surface area (Å²) in [7, 11) is 0. The zero-order valence-corrected chi connectivity index (χ0v) is 18.6. The van der Waals surface area contributed by atoms with Crippen molar-refractivity contribution in [3.8, 4) is 6.07 Å². The van der Waals surface area contributed by atoms with Gasteiger partial charge in [-0.15, -0.1) is 0 Å². The van der Waals surface area contributed by atoms with Gasteiger partial charge in [0.25, 0.3) is 5.91 Å². The van der Waals surface area contributed by atoms with Gasteiger partial charge >= 0.3 is 0 Å². The summed E-state index contributed by atoms with van der Waals surface area (Å²) in [5.74, 6) is -1.63. The molecule has 0 saturated carbocycles. The monoisotopic (exact) mass is 458 g/mol. The molecule has 0 atom stereocenters. The quantitative estimate of drug-likeness (QED) is 0.659.